The number of aryl methyl sites for hydroxylation is 2. The van der Waals surface area contributed by atoms with Crippen molar-refractivity contribution in [1.82, 2.24) is 15.0 Å². The van der Waals surface area contributed by atoms with Crippen molar-refractivity contribution in [3.63, 3.8) is 0 Å². The van der Waals surface area contributed by atoms with E-state index in [1.54, 1.807) is 11.3 Å². The van der Waals surface area contributed by atoms with Gasteiger partial charge in [-0.25, -0.2) is 9.97 Å². The number of H-pyrrole nitrogens is 1. The average molecular weight is 440 g/mol. The Labute approximate surface area is 184 Å². The first kappa shape index (κ1) is 21.2. The lowest BCUT2D eigenvalue weighted by atomic mass is 10.1. The van der Waals surface area contributed by atoms with Gasteiger partial charge in [-0.15, -0.1) is 11.3 Å². The molecule has 1 aliphatic heterocycles. The monoisotopic (exact) mass is 439 g/mol. The smallest absolute Gasteiger partial charge is 0.255 e. The Morgan fingerprint density at radius 1 is 1.19 bits per heavy atom. The zero-order valence-corrected chi connectivity index (χ0v) is 18.4. The standard InChI is InChI=1S/C22H25N5O3S/c1-14-18(21(29)26-22(23-14)27-9-11-30-12-10-27)7-8-20(28)25-17-5-3-16(4-6-17)19-13-31-15(2)24-19/h3-6,13H,7-12H2,1-2H3,(H,25,28)(H,23,26,29). The Morgan fingerprint density at radius 2 is 1.94 bits per heavy atom. The third-order valence-corrected chi connectivity index (χ3v) is 5.98. The summed E-state index contributed by atoms with van der Waals surface area (Å²) in [5.74, 6) is 0.419. The largest absolute Gasteiger partial charge is 0.378 e. The molecule has 0 aliphatic carbocycles. The van der Waals surface area contributed by atoms with Gasteiger partial charge in [0.25, 0.3) is 5.56 Å². The van der Waals surface area contributed by atoms with E-state index in [0.29, 0.717) is 55.6 Å². The lowest BCUT2D eigenvalue weighted by molar-refractivity contribution is -0.116. The minimum atomic E-state index is -0.190. The predicted octanol–water partition coefficient (Wildman–Crippen LogP) is 2.92. The molecule has 9 heteroatoms. The maximum atomic E-state index is 12.6. The SMILES string of the molecule is Cc1nc(-c2ccc(NC(=O)CCc3c(C)nc(N4CCOCC4)[nH]c3=O)cc2)cs1. The number of hydrogen-bond acceptors (Lipinski definition) is 7. The first-order valence-electron chi connectivity index (χ1n) is 10.2. The number of thiazole rings is 1. The second-order valence-corrected chi connectivity index (χ2v) is 8.49. The van der Waals surface area contributed by atoms with E-state index in [2.05, 4.69) is 20.3 Å². The number of amides is 1. The number of anilines is 2. The number of hydrogen-bond donors (Lipinski definition) is 2. The Morgan fingerprint density at radius 3 is 2.58 bits per heavy atom. The zero-order valence-electron chi connectivity index (χ0n) is 17.6. The molecular formula is C22H25N5O3S. The van der Waals surface area contributed by atoms with Crippen molar-refractivity contribution in [2.45, 2.75) is 26.7 Å². The Balaban J connectivity index is 1.35. The number of aromatic amines is 1. The number of morpholine rings is 1. The number of rotatable bonds is 6. The second-order valence-electron chi connectivity index (χ2n) is 7.43. The number of carbonyl (C=O) groups is 1. The Kier molecular flexibility index (Phi) is 6.43. The molecule has 4 rings (SSSR count). The summed E-state index contributed by atoms with van der Waals surface area (Å²) in [4.78, 5) is 38.8. The third kappa shape index (κ3) is 5.18. The molecule has 8 nitrogen and oxygen atoms in total. The quantitative estimate of drug-likeness (QED) is 0.613. The maximum Gasteiger partial charge on any atom is 0.255 e. The van der Waals surface area contributed by atoms with Crippen LogP contribution in [0.1, 0.15) is 22.7 Å². The first-order valence-corrected chi connectivity index (χ1v) is 11.1. The van der Waals surface area contributed by atoms with Crippen LogP contribution in [-0.4, -0.2) is 47.2 Å². The molecule has 1 fully saturated rings. The maximum absolute atomic E-state index is 12.6. The molecule has 0 saturated carbocycles. The topological polar surface area (TPSA) is 100 Å². The van der Waals surface area contributed by atoms with Gasteiger partial charge in [0.1, 0.15) is 0 Å². The van der Waals surface area contributed by atoms with Gasteiger partial charge in [0.15, 0.2) is 0 Å². The van der Waals surface area contributed by atoms with Gasteiger partial charge in [-0.3, -0.25) is 14.6 Å². The van der Waals surface area contributed by atoms with Crippen LogP contribution in [0, 0.1) is 13.8 Å². The fraction of sp³-hybridized carbons (Fsp3) is 0.364. The van der Waals surface area contributed by atoms with E-state index in [1.165, 1.54) is 0 Å². The van der Waals surface area contributed by atoms with Gasteiger partial charge in [0, 0.05) is 47.4 Å². The summed E-state index contributed by atoms with van der Waals surface area (Å²) < 4.78 is 5.34. The molecule has 0 unspecified atom stereocenters. The summed E-state index contributed by atoms with van der Waals surface area (Å²) >= 11 is 1.61. The van der Waals surface area contributed by atoms with E-state index in [9.17, 15) is 9.59 Å². The molecule has 0 bridgehead atoms. The van der Waals surface area contributed by atoms with Gasteiger partial charge in [-0.1, -0.05) is 12.1 Å². The average Bonchev–Trinajstić information content (AvgIpc) is 3.20. The molecule has 0 spiro atoms. The number of ether oxygens (including phenoxy) is 1. The molecule has 2 N–H and O–H groups in total. The van der Waals surface area contributed by atoms with Crippen LogP contribution in [0.15, 0.2) is 34.4 Å². The van der Waals surface area contributed by atoms with E-state index in [1.807, 2.05) is 48.4 Å². The Hall–Kier alpha value is -3.04. The van der Waals surface area contributed by atoms with E-state index in [4.69, 9.17) is 4.74 Å². The lowest BCUT2D eigenvalue weighted by Crippen LogP contribution is -2.38. The van der Waals surface area contributed by atoms with E-state index < -0.39 is 0 Å². The fourth-order valence-corrected chi connectivity index (χ4v) is 4.12. The molecule has 2 aromatic heterocycles. The normalized spacial score (nSPS) is 13.9. The number of carbonyl (C=O) groups excluding carboxylic acids is 1. The number of benzene rings is 1. The summed E-state index contributed by atoms with van der Waals surface area (Å²) in [6, 6.07) is 7.60. The minimum absolute atomic E-state index is 0.145. The number of aromatic nitrogens is 3. The molecule has 3 heterocycles. The van der Waals surface area contributed by atoms with E-state index >= 15 is 0 Å². The first-order chi connectivity index (χ1) is 15.0. The molecule has 162 valence electrons. The summed E-state index contributed by atoms with van der Waals surface area (Å²) in [5, 5.41) is 5.92. The van der Waals surface area contributed by atoms with Gasteiger partial charge in [0.05, 0.1) is 23.9 Å². The van der Waals surface area contributed by atoms with Gasteiger partial charge in [-0.2, -0.15) is 0 Å². The van der Waals surface area contributed by atoms with Crippen LogP contribution < -0.4 is 15.8 Å². The molecule has 1 aliphatic rings. The molecular weight excluding hydrogens is 414 g/mol. The van der Waals surface area contributed by atoms with Gasteiger partial charge in [0.2, 0.25) is 11.9 Å². The van der Waals surface area contributed by atoms with Gasteiger partial charge in [-0.05, 0) is 32.4 Å². The third-order valence-electron chi connectivity index (χ3n) is 5.21. The fourth-order valence-electron chi connectivity index (χ4n) is 3.50. The van der Waals surface area contributed by atoms with Crippen LogP contribution in [-0.2, 0) is 16.0 Å². The summed E-state index contributed by atoms with van der Waals surface area (Å²) in [5.41, 5.74) is 3.67. The van der Waals surface area contributed by atoms with Crippen molar-refractivity contribution in [1.29, 1.82) is 0 Å². The van der Waals surface area contributed by atoms with Crippen LogP contribution in [0.3, 0.4) is 0 Å². The number of nitrogens with zero attached hydrogens (tertiary/aromatic N) is 3. The minimum Gasteiger partial charge on any atom is -0.378 e. The highest BCUT2D eigenvalue weighted by atomic mass is 32.1. The van der Waals surface area contributed by atoms with Gasteiger partial charge >= 0.3 is 0 Å². The van der Waals surface area contributed by atoms with E-state index in [0.717, 1.165) is 16.3 Å². The summed E-state index contributed by atoms with van der Waals surface area (Å²) in [7, 11) is 0. The van der Waals surface area contributed by atoms with Crippen molar-refractivity contribution in [3.8, 4) is 11.3 Å². The highest BCUT2D eigenvalue weighted by Crippen LogP contribution is 2.23. The van der Waals surface area contributed by atoms with Crippen LogP contribution in [0.5, 0.6) is 0 Å². The zero-order chi connectivity index (χ0) is 21.8. The summed E-state index contributed by atoms with van der Waals surface area (Å²) in [6.07, 6.45) is 0.537. The second kappa shape index (κ2) is 9.40. The molecule has 0 atom stereocenters. The van der Waals surface area contributed by atoms with Crippen LogP contribution in [0.4, 0.5) is 11.6 Å². The molecule has 1 amide bonds. The molecule has 1 aromatic carbocycles. The van der Waals surface area contributed by atoms with Crippen LogP contribution in [0.2, 0.25) is 0 Å². The predicted molar refractivity (Wildman–Crippen MR) is 122 cm³/mol. The molecule has 3 aromatic rings. The Bertz CT molecular complexity index is 1120. The lowest BCUT2D eigenvalue weighted by Gasteiger charge is -2.27. The van der Waals surface area contributed by atoms with Crippen molar-refractivity contribution < 1.29 is 9.53 Å². The van der Waals surface area contributed by atoms with Crippen LogP contribution in [0.25, 0.3) is 11.3 Å². The highest BCUT2D eigenvalue weighted by molar-refractivity contribution is 7.09. The van der Waals surface area contributed by atoms with Crippen molar-refractivity contribution >= 4 is 28.9 Å². The molecule has 0 radical (unpaired) electrons. The van der Waals surface area contributed by atoms with Crippen molar-refractivity contribution in [3.05, 3.63) is 56.3 Å². The van der Waals surface area contributed by atoms with Crippen LogP contribution >= 0.6 is 11.3 Å². The number of nitrogens with one attached hydrogen (secondary N) is 2. The highest BCUT2D eigenvalue weighted by Gasteiger charge is 2.17. The van der Waals surface area contributed by atoms with Gasteiger partial charge < -0.3 is 15.0 Å². The van der Waals surface area contributed by atoms with E-state index in [-0.39, 0.29) is 17.9 Å². The van der Waals surface area contributed by atoms with Crippen molar-refractivity contribution in [2.24, 2.45) is 0 Å². The summed E-state index contributed by atoms with van der Waals surface area (Å²) in [6.45, 7) is 6.42. The molecule has 31 heavy (non-hydrogen) atoms. The van der Waals surface area contributed by atoms with Crippen molar-refractivity contribution in [2.75, 3.05) is 36.5 Å². The molecule has 1 saturated heterocycles.